The van der Waals surface area contributed by atoms with Crippen LogP contribution in [-0.2, 0) is 9.59 Å². The summed E-state index contributed by atoms with van der Waals surface area (Å²) in [4.78, 5) is 50.9. The SMILES string of the molecule is Cc1cc(C)c(C(=O)N2CC(=O)NC(=O)C2C)c(=O)[nH]1. The fourth-order valence-electron chi connectivity index (χ4n) is 2.23. The summed E-state index contributed by atoms with van der Waals surface area (Å²) in [5.74, 6) is -1.71. The van der Waals surface area contributed by atoms with Crippen LogP contribution in [0.2, 0.25) is 0 Å². The van der Waals surface area contributed by atoms with Gasteiger partial charge in [0, 0.05) is 5.69 Å². The second-order valence-corrected chi connectivity index (χ2v) is 4.86. The van der Waals surface area contributed by atoms with Gasteiger partial charge in [0.25, 0.3) is 11.5 Å². The maximum Gasteiger partial charge on any atom is 0.261 e. The molecule has 2 heterocycles. The molecule has 0 radical (unpaired) electrons. The van der Waals surface area contributed by atoms with Gasteiger partial charge in [-0.15, -0.1) is 0 Å². The van der Waals surface area contributed by atoms with E-state index >= 15 is 0 Å². The summed E-state index contributed by atoms with van der Waals surface area (Å²) in [6.07, 6.45) is 0. The van der Waals surface area contributed by atoms with Crippen molar-refractivity contribution in [3.63, 3.8) is 0 Å². The summed E-state index contributed by atoms with van der Waals surface area (Å²) >= 11 is 0. The van der Waals surface area contributed by atoms with E-state index in [0.717, 1.165) is 4.90 Å². The Balaban J connectivity index is 2.44. The maximum atomic E-state index is 12.4. The molecule has 0 saturated carbocycles. The van der Waals surface area contributed by atoms with Crippen molar-refractivity contribution >= 4 is 17.7 Å². The lowest BCUT2D eigenvalue weighted by Gasteiger charge is -2.31. The van der Waals surface area contributed by atoms with E-state index in [1.54, 1.807) is 19.9 Å². The highest BCUT2D eigenvalue weighted by Gasteiger charge is 2.35. The van der Waals surface area contributed by atoms with E-state index in [1.807, 2.05) is 0 Å². The molecular weight excluding hydrogens is 262 g/mol. The molecule has 7 nitrogen and oxygen atoms in total. The lowest BCUT2D eigenvalue weighted by atomic mass is 10.1. The zero-order valence-electron chi connectivity index (χ0n) is 11.4. The van der Waals surface area contributed by atoms with Gasteiger partial charge in [-0.1, -0.05) is 0 Å². The number of hydrogen-bond donors (Lipinski definition) is 2. The molecule has 2 N–H and O–H groups in total. The number of aromatic amines is 1. The summed E-state index contributed by atoms with van der Waals surface area (Å²) in [6.45, 7) is 4.63. The summed E-state index contributed by atoms with van der Waals surface area (Å²) in [6, 6.07) is 0.880. The second-order valence-electron chi connectivity index (χ2n) is 4.86. The van der Waals surface area contributed by atoms with Gasteiger partial charge in [0.1, 0.15) is 18.2 Å². The van der Waals surface area contributed by atoms with Crippen LogP contribution in [0.4, 0.5) is 0 Å². The van der Waals surface area contributed by atoms with E-state index in [0.29, 0.717) is 11.3 Å². The molecule has 1 aliphatic rings. The molecule has 0 spiro atoms. The number of pyridine rings is 1. The Morgan fingerprint density at radius 3 is 2.55 bits per heavy atom. The van der Waals surface area contributed by atoms with Crippen molar-refractivity contribution in [2.75, 3.05) is 6.54 Å². The van der Waals surface area contributed by atoms with Gasteiger partial charge in [-0.2, -0.15) is 0 Å². The first-order chi connectivity index (χ1) is 9.31. The van der Waals surface area contributed by atoms with Crippen LogP contribution in [-0.4, -0.2) is 40.2 Å². The Kier molecular flexibility index (Phi) is 3.44. The van der Waals surface area contributed by atoms with Crippen molar-refractivity contribution < 1.29 is 14.4 Å². The minimum atomic E-state index is -0.791. The second kappa shape index (κ2) is 4.92. The predicted octanol–water partition coefficient (Wildman–Crippen LogP) is -0.521. The molecule has 1 aromatic rings. The maximum absolute atomic E-state index is 12.4. The third-order valence-corrected chi connectivity index (χ3v) is 3.26. The van der Waals surface area contributed by atoms with Gasteiger partial charge in [0.15, 0.2) is 0 Å². The van der Waals surface area contributed by atoms with Gasteiger partial charge in [-0.05, 0) is 32.4 Å². The number of aromatic nitrogens is 1. The molecule has 106 valence electrons. The number of amides is 3. The van der Waals surface area contributed by atoms with Crippen LogP contribution in [0.25, 0.3) is 0 Å². The molecule has 3 amide bonds. The number of piperazine rings is 1. The number of aryl methyl sites for hydroxylation is 2. The zero-order valence-corrected chi connectivity index (χ0v) is 11.4. The Morgan fingerprint density at radius 1 is 1.30 bits per heavy atom. The molecule has 1 fully saturated rings. The molecule has 1 unspecified atom stereocenters. The number of nitrogens with zero attached hydrogens (tertiary/aromatic N) is 1. The van der Waals surface area contributed by atoms with Crippen molar-refractivity contribution in [2.45, 2.75) is 26.8 Å². The molecule has 0 aromatic carbocycles. The van der Waals surface area contributed by atoms with E-state index in [1.165, 1.54) is 6.92 Å². The van der Waals surface area contributed by atoms with E-state index in [2.05, 4.69) is 10.3 Å². The fraction of sp³-hybridized carbons (Fsp3) is 0.385. The van der Waals surface area contributed by atoms with Crippen LogP contribution >= 0.6 is 0 Å². The van der Waals surface area contributed by atoms with Crippen molar-refractivity contribution in [3.05, 3.63) is 33.2 Å². The lowest BCUT2D eigenvalue weighted by molar-refractivity contribution is -0.138. The fourth-order valence-corrected chi connectivity index (χ4v) is 2.23. The highest BCUT2D eigenvalue weighted by atomic mass is 16.2. The monoisotopic (exact) mass is 277 g/mol. The summed E-state index contributed by atoms with van der Waals surface area (Å²) < 4.78 is 0. The van der Waals surface area contributed by atoms with Crippen LogP contribution in [0.3, 0.4) is 0 Å². The number of carbonyl (C=O) groups is 3. The Labute approximate surface area is 115 Å². The smallest absolute Gasteiger partial charge is 0.261 e. The Bertz CT molecular complexity index is 662. The highest BCUT2D eigenvalue weighted by Crippen LogP contribution is 2.12. The minimum Gasteiger partial charge on any atom is -0.326 e. The highest BCUT2D eigenvalue weighted by molar-refractivity contribution is 6.07. The van der Waals surface area contributed by atoms with Gasteiger partial charge >= 0.3 is 0 Å². The van der Waals surface area contributed by atoms with Crippen LogP contribution in [0.5, 0.6) is 0 Å². The first-order valence-corrected chi connectivity index (χ1v) is 6.16. The molecule has 1 atom stereocenters. The average molecular weight is 277 g/mol. The summed E-state index contributed by atoms with van der Waals surface area (Å²) in [7, 11) is 0. The standard InChI is InChI=1S/C13H15N3O4/c1-6-4-7(2)14-12(19)10(6)13(20)16-5-9(17)15-11(18)8(16)3/h4,8H,5H2,1-3H3,(H,14,19)(H,15,17,18). The van der Waals surface area contributed by atoms with Crippen molar-refractivity contribution in [3.8, 4) is 0 Å². The van der Waals surface area contributed by atoms with Crippen molar-refractivity contribution in [1.82, 2.24) is 15.2 Å². The van der Waals surface area contributed by atoms with E-state index < -0.39 is 29.3 Å². The van der Waals surface area contributed by atoms with E-state index in [-0.39, 0.29) is 12.1 Å². The quantitative estimate of drug-likeness (QED) is 0.675. The minimum absolute atomic E-state index is 0.0371. The molecular formula is C13H15N3O4. The van der Waals surface area contributed by atoms with Gasteiger partial charge in [0.05, 0.1) is 0 Å². The largest absolute Gasteiger partial charge is 0.326 e. The first-order valence-electron chi connectivity index (χ1n) is 6.16. The topological polar surface area (TPSA) is 99.3 Å². The lowest BCUT2D eigenvalue weighted by Crippen LogP contribution is -2.59. The number of carbonyl (C=O) groups excluding carboxylic acids is 3. The third kappa shape index (κ3) is 2.34. The van der Waals surface area contributed by atoms with Gasteiger partial charge in [0.2, 0.25) is 11.8 Å². The van der Waals surface area contributed by atoms with Crippen LogP contribution < -0.4 is 10.9 Å². The molecule has 20 heavy (non-hydrogen) atoms. The molecule has 2 rings (SSSR count). The molecule has 1 saturated heterocycles. The van der Waals surface area contributed by atoms with Gasteiger partial charge in [-0.3, -0.25) is 24.5 Å². The zero-order chi connectivity index (χ0) is 15.0. The molecule has 7 heteroatoms. The third-order valence-electron chi connectivity index (χ3n) is 3.26. The Hall–Kier alpha value is -2.44. The first kappa shape index (κ1) is 14.0. The number of hydrogen-bond acceptors (Lipinski definition) is 4. The number of rotatable bonds is 1. The Morgan fingerprint density at radius 2 is 1.95 bits per heavy atom. The van der Waals surface area contributed by atoms with E-state index in [4.69, 9.17) is 0 Å². The summed E-state index contributed by atoms with van der Waals surface area (Å²) in [5, 5.41) is 2.15. The van der Waals surface area contributed by atoms with Crippen molar-refractivity contribution in [1.29, 1.82) is 0 Å². The van der Waals surface area contributed by atoms with Crippen molar-refractivity contribution in [2.24, 2.45) is 0 Å². The van der Waals surface area contributed by atoms with Gasteiger partial charge < -0.3 is 9.88 Å². The average Bonchev–Trinajstić information content (AvgIpc) is 2.32. The normalized spacial score (nSPS) is 18.9. The summed E-state index contributed by atoms with van der Waals surface area (Å²) in [5.41, 5.74) is 0.606. The number of nitrogens with one attached hydrogen (secondary N) is 2. The van der Waals surface area contributed by atoms with Crippen LogP contribution in [0, 0.1) is 13.8 Å². The van der Waals surface area contributed by atoms with Crippen LogP contribution in [0.1, 0.15) is 28.5 Å². The van der Waals surface area contributed by atoms with E-state index in [9.17, 15) is 19.2 Å². The molecule has 1 aliphatic heterocycles. The van der Waals surface area contributed by atoms with Gasteiger partial charge in [-0.25, -0.2) is 0 Å². The number of imide groups is 1. The molecule has 0 bridgehead atoms. The predicted molar refractivity (Wildman–Crippen MR) is 70.2 cm³/mol. The number of H-pyrrole nitrogens is 1. The molecule has 1 aromatic heterocycles. The molecule has 0 aliphatic carbocycles. The van der Waals surface area contributed by atoms with Crippen LogP contribution in [0.15, 0.2) is 10.9 Å².